The van der Waals surface area contributed by atoms with E-state index in [4.69, 9.17) is 22.7 Å². The molecule has 0 bridgehead atoms. The second-order valence-electron chi connectivity index (χ2n) is 4.26. The van der Waals surface area contributed by atoms with Crippen LogP contribution < -0.4 is 10.5 Å². The van der Waals surface area contributed by atoms with Gasteiger partial charge in [0.15, 0.2) is 0 Å². The van der Waals surface area contributed by atoms with Crippen LogP contribution in [0.1, 0.15) is 37.3 Å². The van der Waals surface area contributed by atoms with Gasteiger partial charge in [0.25, 0.3) is 0 Å². The Balaban J connectivity index is 2.53. The van der Waals surface area contributed by atoms with Crippen molar-refractivity contribution in [2.24, 2.45) is 5.73 Å². The van der Waals surface area contributed by atoms with Crippen LogP contribution in [0.5, 0.6) is 5.75 Å². The maximum Gasteiger partial charge on any atom is 0.119 e. The minimum absolute atomic E-state index is 0.602. The fraction of sp³-hybridized carbons (Fsp3) is 0.500. The Hall–Kier alpha value is -1.09. The summed E-state index contributed by atoms with van der Waals surface area (Å²) < 4.78 is 5.59. The molecule has 0 amide bonds. The average Bonchev–Trinajstić information content (AvgIpc) is 2.28. The molecule has 0 radical (unpaired) electrons. The van der Waals surface area contributed by atoms with E-state index in [1.165, 1.54) is 11.1 Å². The standard InChI is InChI=1S/C14H21NOS/c1-3-9-16-13-8-7-12(11(2)10-13)5-4-6-14(15)17/h7-8,10H,3-6,9H2,1-2H3,(H2,15,17). The molecule has 94 valence electrons. The van der Waals surface area contributed by atoms with Crippen LogP contribution in [-0.4, -0.2) is 11.6 Å². The lowest BCUT2D eigenvalue weighted by atomic mass is 10.0. The van der Waals surface area contributed by atoms with Gasteiger partial charge in [-0.15, -0.1) is 0 Å². The van der Waals surface area contributed by atoms with Crippen LogP contribution in [0.15, 0.2) is 18.2 Å². The van der Waals surface area contributed by atoms with Crippen molar-refractivity contribution < 1.29 is 4.74 Å². The van der Waals surface area contributed by atoms with E-state index < -0.39 is 0 Å². The number of thiocarbonyl (C=S) groups is 1. The highest BCUT2D eigenvalue weighted by Gasteiger charge is 2.01. The van der Waals surface area contributed by atoms with E-state index in [1.54, 1.807) is 0 Å². The third-order valence-electron chi connectivity index (χ3n) is 2.66. The highest BCUT2D eigenvalue weighted by atomic mass is 32.1. The summed E-state index contributed by atoms with van der Waals surface area (Å²) in [5.41, 5.74) is 8.12. The van der Waals surface area contributed by atoms with E-state index in [1.807, 2.05) is 6.07 Å². The third-order valence-corrected chi connectivity index (χ3v) is 2.86. The zero-order valence-corrected chi connectivity index (χ0v) is 11.5. The third kappa shape index (κ3) is 5.18. The molecule has 1 aromatic rings. The number of hydrogen-bond acceptors (Lipinski definition) is 2. The number of aryl methyl sites for hydroxylation is 2. The molecule has 0 aromatic heterocycles. The van der Waals surface area contributed by atoms with E-state index >= 15 is 0 Å². The Kier molecular flexibility index (Phi) is 5.98. The van der Waals surface area contributed by atoms with E-state index in [-0.39, 0.29) is 0 Å². The Bertz CT molecular complexity index is 376. The summed E-state index contributed by atoms with van der Waals surface area (Å²) in [4.78, 5) is 0.602. The Morgan fingerprint density at radius 2 is 2.18 bits per heavy atom. The average molecular weight is 251 g/mol. The summed E-state index contributed by atoms with van der Waals surface area (Å²) in [6.45, 7) is 5.01. The predicted molar refractivity (Wildman–Crippen MR) is 76.7 cm³/mol. The van der Waals surface area contributed by atoms with Gasteiger partial charge in [0, 0.05) is 0 Å². The predicted octanol–water partition coefficient (Wildman–Crippen LogP) is 3.39. The van der Waals surface area contributed by atoms with Gasteiger partial charge in [-0.25, -0.2) is 0 Å². The van der Waals surface area contributed by atoms with Crippen molar-refractivity contribution >= 4 is 17.2 Å². The number of benzene rings is 1. The van der Waals surface area contributed by atoms with E-state index in [0.29, 0.717) is 4.99 Å². The van der Waals surface area contributed by atoms with Crippen LogP contribution in [0.3, 0.4) is 0 Å². The van der Waals surface area contributed by atoms with Crippen LogP contribution in [0.4, 0.5) is 0 Å². The lowest BCUT2D eigenvalue weighted by Crippen LogP contribution is -2.07. The molecule has 1 aromatic carbocycles. The first-order valence-corrected chi connectivity index (χ1v) is 6.55. The molecule has 17 heavy (non-hydrogen) atoms. The van der Waals surface area contributed by atoms with Gasteiger partial charge in [-0.1, -0.05) is 25.2 Å². The van der Waals surface area contributed by atoms with Crippen molar-refractivity contribution in [3.8, 4) is 5.75 Å². The van der Waals surface area contributed by atoms with E-state index in [9.17, 15) is 0 Å². The van der Waals surface area contributed by atoms with Crippen molar-refractivity contribution in [3.63, 3.8) is 0 Å². The molecule has 0 heterocycles. The molecule has 0 aliphatic rings. The van der Waals surface area contributed by atoms with Crippen molar-refractivity contribution in [2.75, 3.05) is 6.61 Å². The zero-order valence-electron chi connectivity index (χ0n) is 10.7. The van der Waals surface area contributed by atoms with Crippen LogP contribution in [0.25, 0.3) is 0 Å². The monoisotopic (exact) mass is 251 g/mol. The van der Waals surface area contributed by atoms with Crippen LogP contribution in [-0.2, 0) is 6.42 Å². The molecule has 0 saturated carbocycles. The maximum atomic E-state index is 5.59. The highest BCUT2D eigenvalue weighted by Crippen LogP contribution is 2.19. The molecule has 2 nitrogen and oxygen atoms in total. The maximum absolute atomic E-state index is 5.59. The first-order chi connectivity index (χ1) is 8.13. The molecule has 0 aliphatic carbocycles. The number of rotatable bonds is 7. The quantitative estimate of drug-likeness (QED) is 0.754. The summed E-state index contributed by atoms with van der Waals surface area (Å²) in [5, 5.41) is 0. The van der Waals surface area contributed by atoms with Gasteiger partial charge in [0.05, 0.1) is 11.6 Å². The molecule has 0 spiro atoms. The fourth-order valence-corrected chi connectivity index (χ4v) is 1.86. The fourth-order valence-electron chi connectivity index (χ4n) is 1.71. The molecule has 0 unspecified atom stereocenters. The summed E-state index contributed by atoms with van der Waals surface area (Å²) in [7, 11) is 0. The van der Waals surface area contributed by atoms with Gasteiger partial charge in [0.2, 0.25) is 0 Å². The second-order valence-corrected chi connectivity index (χ2v) is 4.78. The smallest absolute Gasteiger partial charge is 0.119 e. The van der Waals surface area contributed by atoms with Gasteiger partial charge in [-0.3, -0.25) is 0 Å². The first-order valence-electron chi connectivity index (χ1n) is 6.14. The lowest BCUT2D eigenvalue weighted by Gasteiger charge is -2.09. The molecule has 0 atom stereocenters. The van der Waals surface area contributed by atoms with Crippen molar-refractivity contribution in [2.45, 2.75) is 39.5 Å². The molecule has 1 rings (SSSR count). The molecule has 0 saturated heterocycles. The van der Waals surface area contributed by atoms with Crippen LogP contribution >= 0.6 is 12.2 Å². The molecule has 3 heteroatoms. The van der Waals surface area contributed by atoms with Gasteiger partial charge in [0.1, 0.15) is 5.75 Å². The Morgan fingerprint density at radius 3 is 2.76 bits per heavy atom. The molecular weight excluding hydrogens is 230 g/mol. The van der Waals surface area contributed by atoms with Crippen molar-refractivity contribution in [1.82, 2.24) is 0 Å². The van der Waals surface area contributed by atoms with Gasteiger partial charge in [-0.05, 0) is 55.9 Å². The minimum atomic E-state index is 0.602. The number of ether oxygens (including phenoxy) is 1. The minimum Gasteiger partial charge on any atom is -0.494 e. The van der Waals surface area contributed by atoms with E-state index in [2.05, 4.69) is 26.0 Å². The summed E-state index contributed by atoms with van der Waals surface area (Å²) in [6, 6.07) is 6.28. The Labute approximate surface area is 109 Å². The largest absolute Gasteiger partial charge is 0.494 e. The highest BCUT2D eigenvalue weighted by molar-refractivity contribution is 7.80. The molecule has 0 fully saturated rings. The molecule has 0 aliphatic heterocycles. The van der Waals surface area contributed by atoms with Crippen molar-refractivity contribution in [3.05, 3.63) is 29.3 Å². The topological polar surface area (TPSA) is 35.2 Å². The van der Waals surface area contributed by atoms with Crippen molar-refractivity contribution in [1.29, 1.82) is 0 Å². The SMILES string of the molecule is CCCOc1ccc(CCCC(N)=S)c(C)c1. The lowest BCUT2D eigenvalue weighted by molar-refractivity contribution is 0.317. The normalized spacial score (nSPS) is 10.2. The number of hydrogen-bond donors (Lipinski definition) is 1. The van der Waals surface area contributed by atoms with E-state index in [0.717, 1.165) is 38.0 Å². The number of nitrogens with two attached hydrogens (primary N) is 1. The Morgan fingerprint density at radius 1 is 1.41 bits per heavy atom. The van der Waals surface area contributed by atoms with Crippen LogP contribution in [0, 0.1) is 6.92 Å². The van der Waals surface area contributed by atoms with Crippen LogP contribution in [0.2, 0.25) is 0 Å². The zero-order chi connectivity index (χ0) is 12.7. The second kappa shape index (κ2) is 7.28. The van der Waals surface area contributed by atoms with Gasteiger partial charge < -0.3 is 10.5 Å². The van der Waals surface area contributed by atoms with Gasteiger partial charge >= 0.3 is 0 Å². The molecule has 2 N–H and O–H groups in total. The summed E-state index contributed by atoms with van der Waals surface area (Å²) in [6.07, 6.45) is 3.90. The van der Waals surface area contributed by atoms with Gasteiger partial charge in [-0.2, -0.15) is 0 Å². The molecular formula is C14H21NOS. The first kappa shape index (κ1) is 14.0. The summed E-state index contributed by atoms with van der Waals surface area (Å²) in [5.74, 6) is 0.961. The summed E-state index contributed by atoms with van der Waals surface area (Å²) >= 11 is 4.87.